The third-order valence-electron chi connectivity index (χ3n) is 3.86. The van der Waals surface area contributed by atoms with Gasteiger partial charge in [-0.3, -0.25) is 4.79 Å². The Labute approximate surface area is 120 Å². The molecule has 0 aliphatic carbocycles. The maximum atomic E-state index is 12.2. The minimum absolute atomic E-state index is 0.0834. The van der Waals surface area contributed by atoms with E-state index in [9.17, 15) is 9.90 Å². The molecular formula is C16H23NO3. The Morgan fingerprint density at radius 3 is 2.70 bits per heavy atom. The fourth-order valence-corrected chi connectivity index (χ4v) is 2.43. The number of rotatable bonds is 4. The van der Waals surface area contributed by atoms with E-state index in [-0.39, 0.29) is 11.8 Å². The molecular weight excluding hydrogens is 254 g/mol. The highest BCUT2D eigenvalue weighted by Crippen LogP contribution is 2.18. The zero-order valence-electron chi connectivity index (χ0n) is 12.2. The smallest absolute Gasteiger partial charge is 0.227 e. The Bertz CT molecular complexity index is 444. The molecule has 0 saturated carbocycles. The van der Waals surface area contributed by atoms with Crippen LogP contribution in [0, 0.1) is 5.92 Å². The lowest BCUT2D eigenvalue weighted by Crippen LogP contribution is -2.46. The molecule has 20 heavy (non-hydrogen) atoms. The first-order valence-electron chi connectivity index (χ1n) is 7.27. The molecule has 4 nitrogen and oxygen atoms in total. The molecule has 4 heteroatoms. The summed E-state index contributed by atoms with van der Waals surface area (Å²) in [5.41, 5.74) is 0.978. The first kappa shape index (κ1) is 14.9. The van der Waals surface area contributed by atoms with Crippen molar-refractivity contribution in [3.05, 3.63) is 29.8 Å². The van der Waals surface area contributed by atoms with Gasteiger partial charge in [0, 0.05) is 13.1 Å². The van der Waals surface area contributed by atoms with Crippen LogP contribution in [0.25, 0.3) is 0 Å². The Morgan fingerprint density at radius 2 is 2.10 bits per heavy atom. The van der Waals surface area contributed by atoms with Crippen LogP contribution in [0.2, 0.25) is 0 Å². The molecule has 2 unspecified atom stereocenters. The minimum Gasteiger partial charge on any atom is -0.494 e. The molecule has 0 aromatic heterocycles. The largest absolute Gasteiger partial charge is 0.494 e. The number of benzene rings is 1. The summed E-state index contributed by atoms with van der Waals surface area (Å²) in [5, 5.41) is 9.85. The molecule has 1 aromatic rings. The molecule has 0 spiro atoms. The monoisotopic (exact) mass is 277 g/mol. The van der Waals surface area contributed by atoms with Gasteiger partial charge in [-0.2, -0.15) is 0 Å². The summed E-state index contributed by atoms with van der Waals surface area (Å²) in [7, 11) is 0. The fourth-order valence-electron chi connectivity index (χ4n) is 2.43. The number of amides is 1. The number of carbonyl (C=O) groups excluding carboxylic acids is 1. The highest BCUT2D eigenvalue weighted by atomic mass is 16.5. The third-order valence-corrected chi connectivity index (χ3v) is 3.86. The average Bonchev–Trinajstić information content (AvgIpc) is 2.44. The van der Waals surface area contributed by atoms with Gasteiger partial charge in [0.05, 0.1) is 19.1 Å². The number of ether oxygens (including phenoxy) is 1. The van der Waals surface area contributed by atoms with Crippen LogP contribution in [0.5, 0.6) is 5.75 Å². The molecule has 1 heterocycles. The molecule has 110 valence electrons. The van der Waals surface area contributed by atoms with E-state index in [1.54, 1.807) is 4.90 Å². The van der Waals surface area contributed by atoms with Crippen molar-refractivity contribution >= 4 is 5.91 Å². The molecule has 1 amide bonds. The van der Waals surface area contributed by atoms with Gasteiger partial charge in [0.15, 0.2) is 0 Å². The Morgan fingerprint density at radius 1 is 1.40 bits per heavy atom. The van der Waals surface area contributed by atoms with Crippen LogP contribution >= 0.6 is 0 Å². The van der Waals surface area contributed by atoms with E-state index in [2.05, 4.69) is 0 Å². The summed E-state index contributed by atoms with van der Waals surface area (Å²) < 4.78 is 5.38. The lowest BCUT2D eigenvalue weighted by Gasteiger charge is -2.34. The zero-order chi connectivity index (χ0) is 14.5. The van der Waals surface area contributed by atoms with E-state index in [1.807, 2.05) is 38.1 Å². The number of β-amino-alcohol motifs (C(OH)–C–C–N with tert-alkyl or cyclic N) is 1. The summed E-state index contributed by atoms with van der Waals surface area (Å²) in [4.78, 5) is 14.0. The number of likely N-dealkylation sites (tertiary alicyclic amines) is 1. The number of aliphatic hydroxyl groups excluding tert-OH is 1. The average molecular weight is 277 g/mol. The maximum Gasteiger partial charge on any atom is 0.227 e. The van der Waals surface area contributed by atoms with Crippen molar-refractivity contribution in [3.63, 3.8) is 0 Å². The topological polar surface area (TPSA) is 49.8 Å². The number of aliphatic hydroxyl groups is 1. The normalized spacial score (nSPS) is 22.6. The summed E-state index contributed by atoms with van der Waals surface area (Å²) in [6, 6.07) is 7.62. The van der Waals surface area contributed by atoms with E-state index < -0.39 is 6.10 Å². The van der Waals surface area contributed by atoms with Crippen molar-refractivity contribution in [1.82, 2.24) is 4.90 Å². The Balaban J connectivity index is 1.90. The minimum atomic E-state index is -0.395. The van der Waals surface area contributed by atoms with E-state index >= 15 is 0 Å². The van der Waals surface area contributed by atoms with E-state index in [0.29, 0.717) is 19.6 Å². The second kappa shape index (κ2) is 6.75. The van der Waals surface area contributed by atoms with Crippen molar-refractivity contribution in [1.29, 1.82) is 0 Å². The maximum absolute atomic E-state index is 12.2. The van der Waals surface area contributed by atoms with Gasteiger partial charge in [0.25, 0.3) is 0 Å². The summed E-state index contributed by atoms with van der Waals surface area (Å²) in [5.74, 6) is 1.19. The summed E-state index contributed by atoms with van der Waals surface area (Å²) in [6.07, 6.45) is 0.858. The van der Waals surface area contributed by atoms with Crippen molar-refractivity contribution in [2.45, 2.75) is 32.8 Å². The van der Waals surface area contributed by atoms with Gasteiger partial charge in [-0.15, -0.1) is 0 Å². The van der Waals surface area contributed by atoms with Crippen LogP contribution in [0.3, 0.4) is 0 Å². The first-order chi connectivity index (χ1) is 9.60. The molecule has 2 rings (SSSR count). The Kier molecular flexibility index (Phi) is 5.01. The molecule has 1 aliphatic heterocycles. The van der Waals surface area contributed by atoms with Gasteiger partial charge >= 0.3 is 0 Å². The fraction of sp³-hybridized carbons (Fsp3) is 0.562. The summed E-state index contributed by atoms with van der Waals surface area (Å²) in [6.45, 7) is 5.81. The molecule has 1 N–H and O–H groups in total. The highest BCUT2D eigenvalue weighted by molar-refractivity contribution is 5.79. The van der Waals surface area contributed by atoms with Crippen LogP contribution in [0.4, 0.5) is 0 Å². The quantitative estimate of drug-likeness (QED) is 0.914. The lowest BCUT2D eigenvalue weighted by molar-refractivity contribution is -0.134. The highest BCUT2D eigenvalue weighted by Gasteiger charge is 2.27. The van der Waals surface area contributed by atoms with Crippen molar-refractivity contribution in [2.24, 2.45) is 5.92 Å². The predicted molar refractivity (Wildman–Crippen MR) is 77.7 cm³/mol. The molecule has 1 aliphatic rings. The predicted octanol–water partition coefficient (Wildman–Crippen LogP) is 1.86. The van der Waals surface area contributed by atoms with Gasteiger partial charge in [0.1, 0.15) is 5.75 Å². The van der Waals surface area contributed by atoms with Crippen molar-refractivity contribution in [3.8, 4) is 5.75 Å². The lowest BCUT2D eigenvalue weighted by atomic mass is 9.95. The van der Waals surface area contributed by atoms with E-state index in [4.69, 9.17) is 4.74 Å². The number of nitrogens with zero attached hydrogens (tertiary/aromatic N) is 1. The number of hydrogen-bond donors (Lipinski definition) is 1. The molecule has 1 fully saturated rings. The van der Waals surface area contributed by atoms with Crippen molar-refractivity contribution in [2.75, 3.05) is 19.7 Å². The molecule has 1 saturated heterocycles. The second-order valence-electron chi connectivity index (χ2n) is 5.43. The Hall–Kier alpha value is -1.55. The van der Waals surface area contributed by atoms with Gasteiger partial charge < -0.3 is 14.7 Å². The van der Waals surface area contributed by atoms with Crippen LogP contribution in [-0.2, 0) is 11.2 Å². The van der Waals surface area contributed by atoms with E-state index in [0.717, 1.165) is 24.3 Å². The standard InChI is InChI=1S/C16H23NO3/c1-3-20-14-6-4-13(5-7-14)10-16(19)17-9-8-12(2)15(18)11-17/h4-7,12,15,18H,3,8-11H2,1-2H3. The molecule has 0 radical (unpaired) electrons. The van der Waals surface area contributed by atoms with Crippen LogP contribution in [0.1, 0.15) is 25.8 Å². The number of carbonyl (C=O) groups is 1. The SMILES string of the molecule is CCOc1ccc(CC(=O)N2CCC(C)C(O)C2)cc1. The number of piperidine rings is 1. The van der Waals surface area contributed by atoms with Crippen molar-refractivity contribution < 1.29 is 14.6 Å². The van der Waals surface area contributed by atoms with E-state index in [1.165, 1.54) is 0 Å². The summed E-state index contributed by atoms with van der Waals surface area (Å²) >= 11 is 0. The van der Waals surface area contributed by atoms with Crippen LogP contribution < -0.4 is 4.74 Å². The molecule has 2 atom stereocenters. The van der Waals surface area contributed by atoms with Crippen LogP contribution in [-0.4, -0.2) is 41.7 Å². The molecule has 0 bridgehead atoms. The van der Waals surface area contributed by atoms with Crippen LogP contribution in [0.15, 0.2) is 24.3 Å². The number of hydrogen-bond acceptors (Lipinski definition) is 3. The van der Waals surface area contributed by atoms with Gasteiger partial charge in [0.2, 0.25) is 5.91 Å². The first-order valence-corrected chi connectivity index (χ1v) is 7.27. The zero-order valence-corrected chi connectivity index (χ0v) is 12.2. The van der Waals surface area contributed by atoms with Gasteiger partial charge in [-0.25, -0.2) is 0 Å². The third kappa shape index (κ3) is 3.73. The van der Waals surface area contributed by atoms with Gasteiger partial charge in [-0.1, -0.05) is 19.1 Å². The molecule has 1 aromatic carbocycles. The van der Waals surface area contributed by atoms with Gasteiger partial charge in [-0.05, 0) is 37.0 Å². The second-order valence-corrected chi connectivity index (χ2v) is 5.43.